The van der Waals surface area contributed by atoms with Gasteiger partial charge in [-0.1, -0.05) is 51.1 Å². The van der Waals surface area contributed by atoms with E-state index in [2.05, 4.69) is 64.9 Å². The Morgan fingerprint density at radius 2 is 1.62 bits per heavy atom. The summed E-state index contributed by atoms with van der Waals surface area (Å²) in [4.78, 5) is 17.7. The third-order valence-corrected chi connectivity index (χ3v) is 10.6. The molecular formula is C30H35N5O2. The molecule has 0 spiro atoms. The molecule has 0 bridgehead atoms. The molecule has 1 aliphatic carbocycles. The van der Waals surface area contributed by atoms with E-state index in [1.165, 1.54) is 0 Å². The van der Waals surface area contributed by atoms with E-state index in [0.29, 0.717) is 17.1 Å². The van der Waals surface area contributed by atoms with Crippen molar-refractivity contribution in [3.63, 3.8) is 0 Å². The van der Waals surface area contributed by atoms with Crippen LogP contribution in [0.4, 0.5) is 0 Å². The number of benzene rings is 2. The lowest BCUT2D eigenvalue weighted by molar-refractivity contribution is -0.0252. The Labute approximate surface area is 219 Å². The van der Waals surface area contributed by atoms with Crippen molar-refractivity contribution in [1.29, 1.82) is 5.26 Å². The van der Waals surface area contributed by atoms with Crippen LogP contribution in [0.1, 0.15) is 59.0 Å². The molecule has 2 heterocycles. The van der Waals surface area contributed by atoms with Crippen LogP contribution in [-0.2, 0) is 0 Å². The average molecular weight is 498 g/mol. The van der Waals surface area contributed by atoms with Gasteiger partial charge < -0.3 is 9.64 Å². The summed E-state index contributed by atoms with van der Waals surface area (Å²) < 4.78 is 6.12. The SMILES string of the molecule is CN(C(=O)c1cc(-c2ccccc2Oc2ccccc2)[nH]n1)[C@@]1(C)C(C)(C)N(C#N)[C@@]2(C)C(C)(C)[C@@]12C. The van der Waals surface area contributed by atoms with Gasteiger partial charge in [-0.3, -0.25) is 14.8 Å². The number of nitrogens with one attached hydrogen (secondary N) is 1. The Kier molecular flexibility index (Phi) is 5.12. The Balaban J connectivity index is 1.49. The molecule has 192 valence electrons. The summed E-state index contributed by atoms with van der Waals surface area (Å²) in [7, 11) is 1.84. The fourth-order valence-electron chi connectivity index (χ4n) is 7.60. The maximum atomic E-state index is 14.0. The lowest BCUT2D eigenvalue weighted by Crippen LogP contribution is -2.67. The van der Waals surface area contributed by atoms with Gasteiger partial charge in [0.25, 0.3) is 5.91 Å². The van der Waals surface area contributed by atoms with Gasteiger partial charge in [-0.2, -0.15) is 10.4 Å². The van der Waals surface area contributed by atoms with Crippen LogP contribution in [0.3, 0.4) is 0 Å². The lowest BCUT2D eigenvalue weighted by Gasteiger charge is -2.53. The van der Waals surface area contributed by atoms with E-state index in [4.69, 9.17) is 4.74 Å². The highest BCUT2D eigenvalue weighted by Crippen LogP contribution is 2.85. The van der Waals surface area contributed by atoms with Gasteiger partial charge in [0.15, 0.2) is 11.9 Å². The molecule has 0 unspecified atom stereocenters. The zero-order valence-electron chi connectivity index (χ0n) is 22.9. The van der Waals surface area contributed by atoms with Crippen molar-refractivity contribution in [2.24, 2.45) is 10.8 Å². The summed E-state index contributed by atoms with van der Waals surface area (Å²) in [5.41, 5.74) is -0.245. The molecule has 2 aliphatic rings. The van der Waals surface area contributed by atoms with Crippen LogP contribution in [0.2, 0.25) is 0 Å². The molecule has 2 aromatic carbocycles. The second kappa shape index (κ2) is 7.61. The van der Waals surface area contributed by atoms with Gasteiger partial charge in [0.05, 0.1) is 22.3 Å². The number of aromatic amines is 1. The topological polar surface area (TPSA) is 85.2 Å². The Bertz CT molecular complexity index is 1420. The number of H-pyrrole nitrogens is 1. The molecule has 1 N–H and O–H groups in total. The number of aromatic nitrogens is 2. The molecule has 1 amide bonds. The highest BCUT2D eigenvalue weighted by atomic mass is 16.5. The first kappa shape index (κ1) is 24.9. The van der Waals surface area contributed by atoms with Gasteiger partial charge in [-0.25, -0.2) is 0 Å². The summed E-state index contributed by atoms with van der Waals surface area (Å²) >= 11 is 0. The Morgan fingerprint density at radius 1 is 1.00 bits per heavy atom. The van der Waals surface area contributed by atoms with Gasteiger partial charge in [0.1, 0.15) is 11.5 Å². The molecule has 7 heteroatoms. The van der Waals surface area contributed by atoms with Crippen LogP contribution < -0.4 is 4.74 Å². The normalized spacial score (nSPS) is 28.8. The molecule has 37 heavy (non-hydrogen) atoms. The van der Waals surface area contributed by atoms with Crippen LogP contribution in [0.25, 0.3) is 11.3 Å². The van der Waals surface area contributed by atoms with Crippen molar-refractivity contribution < 1.29 is 9.53 Å². The van der Waals surface area contributed by atoms with E-state index in [0.717, 1.165) is 11.3 Å². The predicted octanol–water partition coefficient (Wildman–Crippen LogP) is 6.08. The summed E-state index contributed by atoms with van der Waals surface area (Å²) in [5, 5.41) is 17.6. The van der Waals surface area contributed by atoms with E-state index in [1.807, 2.05) is 71.4 Å². The van der Waals surface area contributed by atoms with E-state index in [-0.39, 0.29) is 22.3 Å². The molecule has 1 saturated carbocycles. The quantitative estimate of drug-likeness (QED) is 0.432. The van der Waals surface area contributed by atoms with Crippen molar-refractivity contribution in [1.82, 2.24) is 20.0 Å². The number of amides is 1. The van der Waals surface area contributed by atoms with Crippen molar-refractivity contribution in [3.05, 3.63) is 66.4 Å². The number of carbonyl (C=O) groups excluding carboxylic acids is 1. The molecule has 3 aromatic rings. The first-order valence-electron chi connectivity index (χ1n) is 12.7. The maximum absolute atomic E-state index is 14.0. The largest absolute Gasteiger partial charge is 0.457 e. The van der Waals surface area contributed by atoms with E-state index in [1.54, 1.807) is 6.07 Å². The fourth-order valence-corrected chi connectivity index (χ4v) is 7.60. The molecule has 1 aromatic heterocycles. The number of nitriles is 1. The molecule has 7 nitrogen and oxygen atoms in total. The van der Waals surface area contributed by atoms with Gasteiger partial charge >= 0.3 is 0 Å². The highest BCUT2D eigenvalue weighted by molar-refractivity contribution is 5.94. The van der Waals surface area contributed by atoms with Crippen LogP contribution >= 0.6 is 0 Å². The number of likely N-dealkylation sites (N-methyl/N-ethyl adjacent to an activating group) is 1. The number of piperidine rings is 1. The standard InChI is InChI=1S/C30H35N5O2/c1-26(2)28(5)29(26,6)35(19-31)27(3,4)30(28,7)34(8)25(36)23-18-22(32-33-23)21-16-12-13-17-24(21)37-20-14-10-9-11-15-20/h9-18H,1-8H3,(H,32,33)/t28-,29+,30+/m1/s1. The Morgan fingerprint density at radius 3 is 2.24 bits per heavy atom. The van der Waals surface area contributed by atoms with Crippen molar-refractivity contribution in [2.75, 3.05) is 7.05 Å². The van der Waals surface area contributed by atoms with E-state index < -0.39 is 11.1 Å². The molecular weight excluding hydrogens is 462 g/mol. The zero-order valence-corrected chi connectivity index (χ0v) is 22.9. The van der Waals surface area contributed by atoms with Gasteiger partial charge in [0.2, 0.25) is 0 Å². The second-order valence-corrected chi connectivity index (χ2v) is 11.8. The number of likely N-dealkylation sites (tertiary alicyclic amines) is 1. The van der Waals surface area contributed by atoms with E-state index >= 15 is 0 Å². The molecule has 2 fully saturated rings. The average Bonchev–Trinajstić information content (AvgIpc) is 3.23. The number of hydrogen-bond donors (Lipinski definition) is 1. The minimum absolute atomic E-state index is 0.168. The number of nitrogens with zero attached hydrogens (tertiary/aromatic N) is 4. The summed E-state index contributed by atoms with van der Waals surface area (Å²) in [5.74, 6) is 1.21. The zero-order chi connectivity index (χ0) is 27.0. The number of carbonyl (C=O) groups is 1. The monoisotopic (exact) mass is 497 g/mol. The van der Waals surface area contributed by atoms with Gasteiger partial charge in [0, 0.05) is 18.0 Å². The van der Waals surface area contributed by atoms with Crippen LogP contribution in [0.15, 0.2) is 60.7 Å². The molecule has 3 atom stereocenters. The first-order valence-corrected chi connectivity index (χ1v) is 12.7. The highest BCUT2D eigenvalue weighted by Gasteiger charge is 2.94. The number of ether oxygens (including phenoxy) is 1. The summed E-state index contributed by atoms with van der Waals surface area (Å²) in [6.07, 6.45) is 2.47. The van der Waals surface area contributed by atoms with Crippen molar-refractivity contribution in [2.45, 2.75) is 65.1 Å². The Hall–Kier alpha value is -3.79. The first-order chi connectivity index (χ1) is 17.3. The maximum Gasteiger partial charge on any atom is 0.274 e. The van der Waals surface area contributed by atoms with Crippen LogP contribution in [-0.4, -0.2) is 49.6 Å². The molecule has 5 rings (SSSR count). The number of para-hydroxylation sites is 2. The van der Waals surface area contributed by atoms with Crippen LogP contribution in [0, 0.1) is 22.3 Å². The predicted molar refractivity (Wildman–Crippen MR) is 143 cm³/mol. The van der Waals surface area contributed by atoms with Crippen molar-refractivity contribution >= 4 is 5.91 Å². The third-order valence-electron chi connectivity index (χ3n) is 10.6. The van der Waals surface area contributed by atoms with E-state index in [9.17, 15) is 10.1 Å². The minimum Gasteiger partial charge on any atom is -0.457 e. The van der Waals surface area contributed by atoms with Crippen LogP contribution in [0.5, 0.6) is 11.5 Å². The summed E-state index contributed by atoms with van der Waals surface area (Å²) in [6, 6.07) is 19.0. The number of rotatable bonds is 5. The molecule has 1 saturated heterocycles. The third kappa shape index (κ3) is 2.76. The van der Waals surface area contributed by atoms with Gasteiger partial charge in [-0.15, -0.1) is 0 Å². The molecule has 1 aliphatic heterocycles. The summed E-state index contributed by atoms with van der Waals surface area (Å²) in [6.45, 7) is 15.0. The number of fused-ring (bicyclic) bond motifs is 1. The second-order valence-electron chi connectivity index (χ2n) is 11.8. The minimum atomic E-state index is -0.640. The lowest BCUT2D eigenvalue weighted by atomic mass is 9.67. The molecule has 0 radical (unpaired) electrons. The van der Waals surface area contributed by atoms with Gasteiger partial charge in [-0.05, 0) is 63.4 Å². The number of hydrogen-bond acceptors (Lipinski definition) is 5. The smallest absolute Gasteiger partial charge is 0.274 e. The van der Waals surface area contributed by atoms with Crippen molar-refractivity contribution in [3.8, 4) is 28.9 Å². The fraction of sp³-hybridized carbons (Fsp3) is 0.433.